The molecule has 0 fully saturated rings. The van der Waals surface area contributed by atoms with Gasteiger partial charge in [-0.25, -0.2) is 19.3 Å². The van der Waals surface area contributed by atoms with Gasteiger partial charge in [0.25, 0.3) is 0 Å². The summed E-state index contributed by atoms with van der Waals surface area (Å²) in [5, 5.41) is 17.9. The molecule has 2 heterocycles. The molecular weight excluding hydrogens is 244 g/mol. The van der Waals surface area contributed by atoms with Crippen LogP contribution in [0.1, 0.15) is 32.9 Å². The van der Waals surface area contributed by atoms with Crippen molar-refractivity contribution >= 4 is 11.5 Å². The van der Waals surface area contributed by atoms with E-state index in [9.17, 15) is 4.79 Å². The third kappa shape index (κ3) is 2.57. The largest absolute Gasteiger partial charge is 0.366 e. The molecule has 0 radical (unpaired) electrons. The van der Waals surface area contributed by atoms with Gasteiger partial charge in [0, 0.05) is 18.2 Å². The standard InChI is InChI=1S/C12H16N6O/c1-12(2,3)8-7-18-10(16-17-11(18)19)9(15-8)14-6-4-5-13/h7H,4,6H2,1-3H3,(H,14,15)(H,17,19). The summed E-state index contributed by atoms with van der Waals surface area (Å²) in [5.74, 6) is 0.515. The Kier molecular flexibility index (Phi) is 3.25. The van der Waals surface area contributed by atoms with Crippen LogP contribution < -0.4 is 11.0 Å². The molecule has 0 aliphatic carbocycles. The zero-order valence-corrected chi connectivity index (χ0v) is 11.2. The van der Waals surface area contributed by atoms with Gasteiger partial charge in [0.05, 0.1) is 18.2 Å². The van der Waals surface area contributed by atoms with Gasteiger partial charge in [-0.1, -0.05) is 20.8 Å². The average molecular weight is 260 g/mol. The van der Waals surface area contributed by atoms with Gasteiger partial charge in [-0.15, -0.1) is 5.10 Å². The van der Waals surface area contributed by atoms with Gasteiger partial charge in [-0.2, -0.15) is 5.26 Å². The molecule has 0 amide bonds. The SMILES string of the molecule is CC(C)(C)c1cn2c(=O)[nH]nc2c(NCCC#N)n1. The second kappa shape index (κ2) is 4.72. The van der Waals surface area contributed by atoms with E-state index in [0.29, 0.717) is 24.4 Å². The van der Waals surface area contributed by atoms with Gasteiger partial charge in [0.1, 0.15) is 0 Å². The van der Waals surface area contributed by atoms with E-state index >= 15 is 0 Å². The predicted octanol–water partition coefficient (Wildman–Crippen LogP) is 1.04. The molecule has 0 aromatic carbocycles. The summed E-state index contributed by atoms with van der Waals surface area (Å²) in [7, 11) is 0. The van der Waals surface area contributed by atoms with E-state index in [0.717, 1.165) is 5.69 Å². The summed E-state index contributed by atoms with van der Waals surface area (Å²) in [5.41, 5.74) is 0.737. The molecule has 2 aromatic rings. The van der Waals surface area contributed by atoms with Crippen LogP contribution in [0.4, 0.5) is 5.82 Å². The van der Waals surface area contributed by atoms with Crippen LogP contribution in [0.15, 0.2) is 11.0 Å². The van der Waals surface area contributed by atoms with Crippen molar-refractivity contribution in [3.05, 3.63) is 22.4 Å². The van der Waals surface area contributed by atoms with Crippen molar-refractivity contribution in [3.8, 4) is 6.07 Å². The highest BCUT2D eigenvalue weighted by Crippen LogP contribution is 2.22. The second-order valence-electron chi connectivity index (χ2n) is 5.28. The van der Waals surface area contributed by atoms with Gasteiger partial charge < -0.3 is 5.32 Å². The lowest BCUT2D eigenvalue weighted by molar-refractivity contribution is 0.565. The summed E-state index contributed by atoms with van der Waals surface area (Å²) in [6.07, 6.45) is 2.05. The molecule has 0 saturated heterocycles. The topological polar surface area (TPSA) is 98.9 Å². The monoisotopic (exact) mass is 260 g/mol. The third-order valence-corrected chi connectivity index (χ3v) is 2.70. The molecule has 0 aliphatic rings. The van der Waals surface area contributed by atoms with E-state index in [1.54, 1.807) is 6.20 Å². The van der Waals surface area contributed by atoms with Crippen molar-refractivity contribution in [2.75, 3.05) is 11.9 Å². The van der Waals surface area contributed by atoms with Crippen LogP contribution >= 0.6 is 0 Å². The number of hydrogen-bond donors (Lipinski definition) is 2. The van der Waals surface area contributed by atoms with E-state index in [1.807, 2.05) is 26.8 Å². The summed E-state index contributed by atoms with van der Waals surface area (Å²) < 4.78 is 1.43. The Labute approximate surface area is 110 Å². The predicted molar refractivity (Wildman–Crippen MR) is 71.0 cm³/mol. The molecule has 2 N–H and O–H groups in total. The maximum Gasteiger partial charge on any atom is 0.347 e. The lowest BCUT2D eigenvalue weighted by atomic mass is 9.93. The molecule has 2 rings (SSSR count). The smallest absolute Gasteiger partial charge is 0.347 e. The lowest BCUT2D eigenvalue weighted by Crippen LogP contribution is -2.19. The van der Waals surface area contributed by atoms with Gasteiger partial charge in [0.15, 0.2) is 5.82 Å². The van der Waals surface area contributed by atoms with Crippen LogP contribution in [-0.4, -0.2) is 26.1 Å². The molecule has 7 heteroatoms. The van der Waals surface area contributed by atoms with Crippen LogP contribution in [0.3, 0.4) is 0 Å². The fourth-order valence-corrected chi connectivity index (χ4v) is 1.63. The zero-order chi connectivity index (χ0) is 14.0. The Morgan fingerprint density at radius 3 is 2.89 bits per heavy atom. The fourth-order valence-electron chi connectivity index (χ4n) is 1.63. The third-order valence-electron chi connectivity index (χ3n) is 2.70. The highest BCUT2D eigenvalue weighted by atomic mass is 16.1. The molecule has 100 valence electrons. The van der Waals surface area contributed by atoms with Crippen molar-refractivity contribution in [3.63, 3.8) is 0 Å². The molecule has 0 spiro atoms. The van der Waals surface area contributed by atoms with Gasteiger partial charge in [-0.05, 0) is 0 Å². The summed E-state index contributed by atoms with van der Waals surface area (Å²) in [6.45, 7) is 6.52. The number of nitriles is 1. The number of hydrogen-bond acceptors (Lipinski definition) is 5. The second-order valence-corrected chi connectivity index (χ2v) is 5.28. The molecule has 19 heavy (non-hydrogen) atoms. The summed E-state index contributed by atoms with van der Waals surface area (Å²) >= 11 is 0. The number of fused-ring (bicyclic) bond motifs is 1. The number of nitrogens with zero attached hydrogens (tertiary/aromatic N) is 4. The van der Waals surface area contributed by atoms with Crippen molar-refractivity contribution in [1.82, 2.24) is 19.6 Å². The van der Waals surface area contributed by atoms with Crippen LogP contribution in [-0.2, 0) is 5.41 Å². The van der Waals surface area contributed by atoms with Crippen LogP contribution in [0, 0.1) is 11.3 Å². The molecule has 0 unspecified atom stereocenters. The highest BCUT2D eigenvalue weighted by Gasteiger charge is 2.19. The van der Waals surface area contributed by atoms with Crippen molar-refractivity contribution in [2.45, 2.75) is 32.6 Å². The average Bonchev–Trinajstić information content (AvgIpc) is 2.71. The van der Waals surface area contributed by atoms with Crippen molar-refractivity contribution in [1.29, 1.82) is 5.26 Å². The Hall–Kier alpha value is -2.36. The van der Waals surface area contributed by atoms with E-state index in [1.165, 1.54) is 4.40 Å². The van der Waals surface area contributed by atoms with Crippen LogP contribution in [0.25, 0.3) is 5.65 Å². The van der Waals surface area contributed by atoms with E-state index < -0.39 is 0 Å². The zero-order valence-electron chi connectivity index (χ0n) is 11.2. The first kappa shape index (κ1) is 13.1. The minimum absolute atomic E-state index is 0.184. The first-order valence-corrected chi connectivity index (χ1v) is 6.02. The quantitative estimate of drug-likeness (QED) is 0.803. The Balaban J connectivity index is 2.54. The minimum atomic E-state index is -0.300. The summed E-state index contributed by atoms with van der Waals surface area (Å²) in [6, 6.07) is 2.05. The summed E-state index contributed by atoms with van der Waals surface area (Å²) in [4.78, 5) is 16.2. The molecule has 0 atom stereocenters. The molecule has 0 bridgehead atoms. The number of H-pyrrole nitrogens is 1. The molecule has 0 aliphatic heterocycles. The van der Waals surface area contributed by atoms with Gasteiger partial charge in [0.2, 0.25) is 5.65 Å². The van der Waals surface area contributed by atoms with E-state index in [4.69, 9.17) is 5.26 Å². The number of rotatable bonds is 3. The normalized spacial score (nSPS) is 11.5. The number of anilines is 1. The van der Waals surface area contributed by atoms with Gasteiger partial charge in [-0.3, -0.25) is 0 Å². The van der Waals surface area contributed by atoms with E-state index in [2.05, 4.69) is 20.5 Å². The van der Waals surface area contributed by atoms with Crippen molar-refractivity contribution in [2.24, 2.45) is 0 Å². The maximum absolute atomic E-state index is 11.7. The lowest BCUT2D eigenvalue weighted by Gasteiger charge is -2.18. The maximum atomic E-state index is 11.7. The fraction of sp³-hybridized carbons (Fsp3) is 0.500. The van der Waals surface area contributed by atoms with Crippen LogP contribution in [0.2, 0.25) is 0 Å². The Bertz CT molecular complexity index is 685. The van der Waals surface area contributed by atoms with Gasteiger partial charge >= 0.3 is 5.69 Å². The van der Waals surface area contributed by atoms with Crippen molar-refractivity contribution < 1.29 is 0 Å². The molecule has 0 saturated carbocycles. The minimum Gasteiger partial charge on any atom is -0.366 e. The number of aromatic amines is 1. The van der Waals surface area contributed by atoms with E-state index in [-0.39, 0.29) is 11.1 Å². The first-order valence-electron chi connectivity index (χ1n) is 6.02. The molecular formula is C12H16N6O. The number of aromatic nitrogens is 4. The Morgan fingerprint density at radius 2 is 2.26 bits per heavy atom. The highest BCUT2D eigenvalue weighted by molar-refractivity contribution is 5.62. The molecule has 7 nitrogen and oxygen atoms in total. The Morgan fingerprint density at radius 1 is 1.53 bits per heavy atom. The van der Waals surface area contributed by atoms with Crippen LogP contribution in [0.5, 0.6) is 0 Å². The molecule has 2 aromatic heterocycles. The first-order chi connectivity index (χ1) is 8.93. The number of nitrogens with one attached hydrogen (secondary N) is 2.